The monoisotopic (exact) mass is 500 g/mol. The Labute approximate surface area is 219 Å². The van der Waals surface area contributed by atoms with E-state index in [1.807, 2.05) is 42.5 Å². The minimum absolute atomic E-state index is 0.184. The molecule has 1 saturated heterocycles. The van der Waals surface area contributed by atoms with Crippen molar-refractivity contribution in [2.24, 2.45) is 0 Å². The molecule has 4 aromatic rings. The van der Waals surface area contributed by atoms with E-state index in [1.165, 1.54) is 16.5 Å². The molecule has 0 aromatic heterocycles. The number of anilines is 1. The molecule has 37 heavy (non-hydrogen) atoms. The van der Waals surface area contributed by atoms with Crippen molar-refractivity contribution in [2.45, 2.75) is 12.8 Å². The number of piperazine rings is 1. The predicted octanol–water partition coefficient (Wildman–Crippen LogP) is 5.89. The second kappa shape index (κ2) is 14.0. The highest BCUT2D eigenvalue weighted by Gasteiger charge is 2.10. The smallest absolute Gasteiger partial charge is 0.160 e. The lowest BCUT2D eigenvalue weighted by molar-refractivity contribution is 0.260. The first kappa shape index (κ1) is 26.2. The van der Waals surface area contributed by atoms with E-state index in [4.69, 9.17) is 14.2 Å². The van der Waals surface area contributed by atoms with Gasteiger partial charge in [-0.1, -0.05) is 42.5 Å². The lowest BCUT2D eigenvalue weighted by Gasteiger charge is -2.29. The maximum absolute atomic E-state index is 9.62. The molecule has 5 rings (SSSR count). The van der Waals surface area contributed by atoms with Gasteiger partial charge in [-0.15, -0.1) is 0 Å². The van der Waals surface area contributed by atoms with Crippen molar-refractivity contribution >= 4 is 16.5 Å². The van der Waals surface area contributed by atoms with Gasteiger partial charge < -0.3 is 29.5 Å². The molecule has 0 aliphatic carbocycles. The van der Waals surface area contributed by atoms with Gasteiger partial charge in [-0.25, -0.2) is 0 Å². The summed E-state index contributed by atoms with van der Waals surface area (Å²) in [5, 5.41) is 15.5. The molecule has 0 saturated carbocycles. The standard InChI is InChI=1S/C20H26N2O3.C11H10O/c23-19-5-1-2-6-20(19)25-16-4-3-15-24-18-9-7-17(8-10-18)22-13-11-21-12-14-22;1-12-11-7-6-9-4-2-3-5-10(9)8-11/h1-2,5-10,21,23H,3-4,11-16H2;2-8H,1H3. The van der Waals surface area contributed by atoms with Crippen molar-refractivity contribution in [1.82, 2.24) is 5.32 Å². The Morgan fingerprint density at radius 3 is 2.11 bits per heavy atom. The predicted molar refractivity (Wildman–Crippen MR) is 150 cm³/mol. The first-order valence-electron chi connectivity index (χ1n) is 12.8. The summed E-state index contributed by atoms with van der Waals surface area (Å²) < 4.78 is 16.5. The molecule has 1 aliphatic rings. The SMILES string of the molecule is COc1ccc2ccccc2c1.Oc1ccccc1OCCCCOc1ccc(N2CCNCC2)cc1. The third kappa shape index (κ3) is 8.05. The van der Waals surface area contributed by atoms with Crippen LogP contribution < -0.4 is 24.4 Å². The number of ether oxygens (including phenoxy) is 3. The Morgan fingerprint density at radius 1 is 0.730 bits per heavy atom. The van der Waals surface area contributed by atoms with Gasteiger partial charge in [0.25, 0.3) is 0 Å². The van der Waals surface area contributed by atoms with Crippen LogP contribution >= 0.6 is 0 Å². The van der Waals surface area contributed by atoms with E-state index >= 15 is 0 Å². The molecule has 0 amide bonds. The molecule has 0 bridgehead atoms. The van der Waals surface area contributed by atoms with Crippen LogP contribution in [0.5, 0.6) is 23.0 Å². The summed E-state index contributed by atoms with van der Waals surface area (Å²) >= 11 is 0. The molecule has 4 aromatic carbocycles. The van der Waals surface area contributed by atoms with E-state index in [0.29, 0.717) is 19.0 Å². The average molecular weight is 501 g/mol. The quantitative estimate of drug-likeness (QED) is 0.280. The van der Waals surface area contributed by atoms with Gasteiger partial charge in [-0.05, 0) is 72.1 Å². The molecule has 194 valence electrons. The van der Waals surface area contributed by atoms with Crippen LogP contribution in [0.15, 0.2) is 91.0 Å². The normalized spacial score (nSPS) is 12.9. The number of nitrogens with one attached hydrogen (secondary N) is 1. The van der Waals surface area contributed by atoms with Crippen LogP contribution in [0.1, 0.15) is 12.8 Å². The molecule has 1 aliphatic heterocycles. The second-order valence-corrected chi connectivity index (χ2v) is 8.82. The molecule has 0 atom stereocenters. The number of para-hydroxylation sites is 2. The largest absolute Gasteiger partial charge is 0.504 e. The molecule has 6 nitrogen and oxygen atoms in total. The molecule has 0 spiro atoms. The minimum Gasteiger partial charge on any atom is -0.504 e. The first-order chi connectivity index (χ1) is 18.2. The summed E-state index contributed by atoms with van der Waals surface area (Å²) in [5.41, 5.74) is 1.25. The number of hydrogen-bond acceptors (Lipinski definition) is 6. The van der Waals surface area contributed by atoms with Crippen LogP contribution in [-0.4, -0.2) is 51.6 Å². The van der Waals surface area contributed by atoms with Crippen LogP contribution in [0, 0.1) is 0 Å². The van der Waals surface area contributed by atoms with E-state index in [0.717, 1.165) is 50.5 Å². The number of fused-ring (bicyclic) bond motifs is 1. The van der Waals surface area contributed by atoms with E-state index in [1.54, 1.807) is 25.3 Å². The Kier molecular flexibility index (Phi) is 9.90. The van der Waals surface area contributed by atoms with Crippen molar-refractivity contribution in [3.63, 3.8) is 0 Å². The Bertz CT molecular complexity index is 1220. The first-order valence-corrected chi connectivity index (χ1v) is 12.8. The van der Waals surface area contributed by atoms with Gasteiger partial charge in [0.15, 0.2) is 11.5 Å². The zero-order chi connectivity index (χ0) is 25.7. The van der Waals surface area contributed by atoms with E-state index < -0.39 is 0 Å². The zero-order valence-corrected chi connectivity index (χ0v) is 21.4. The van der Waals surface area contributed by atoms with Gasteiger partial charge >= 0.3 is 0 Å². The Hall–Kier alpha value is -3.90. The zero-order valence-electron chi connectivity index (χ0n) is 21.4. The van der Waals surface area contributed by atoms with Crippen molar-refractivity contribution in [2.75, 3.05) is 51.4 Å². The lowest BCUT2D eigenvalue weighted by Crippen LogP contribution is -2.43. The molecule has 0 radical (unpaired) electrons. The number of methoxy groups -OCH3 is 1. The maximum Gasteiger partial charge on any atom is 0.160 e. The van der Waals surface area contributed by atoms with Crippen molar-refractivity contribution in [3.8, 4) is 23.0 Å². The van der Waals surface area contributed by atoms with Crippen LogP contribution in [0.3, 0.4) is 0 Å². The number of nitrogens with zero attached hydrogens (tertiary/aromatic N) is 1. The highest BCUT2D eigenvalue weighted by atomic mass is 16.5. The van der Waals surface area contributed by atoms with E-state index in [2.05, 4.69) is 40.5 Å². The summed E-state index contributed by atoms with van der Waals surface area (Å²) in [6.45, 7) is 5.43. The molecular formula is C31H36N2O4. The Morgan fingerprint density at radius 2 is 1.38 bits per heavy atom. The molecule has 1 heterocycles. The van der Waals surface area contributed by atoms with Crippen LogP contribution in [0.4, 0.5) is 5.69 Å². The summed E-state index contributed by atoms with van der Waals surface area (Å²) in [4.78, 5) is 2.39. The van der Waals surface area contributed by atoms with Crippen LogP contribution in [0.2, 0.25) is 0 Å². The number of benzene rings is 4. The topological polar surface area (TPSA) is 63.2 Å². The fourth-order valence-corrected chi connectivity index (χ4v) is 4.13. The van der Waals surface area contributed by atoms with Crippen molar-refractivity contribution in [3.05, 3.63) is 91.0 Å². The van der Waals surface area contributed by atoms with Crippen LogP contribution in [-0.2, 0) is 0 Å². The van der Waals surface area contributed by atoms with Gasteiger partial charge in [0.1, 0.15) is 11.5 Å². The third-order valence-electron chi connectivity index (χ3n) is 6.21. The molecular weight excluding hydrogens is 464 g/mol. The summed E-state index contributed by atoms with van der Waals surface area (Å²) in [6.07, 6.45) is 1.79. The molecule has 2 N–H and O–H groups in total. The highest BCUT2D eigenvalue weighted by molar-refractivity contribution is 5.83. The Balaban J connectivity index is 0.000000222. The molecule has 6 heteroatoms. The van der Waals surface area contributed by atoms with E-state index in [-0.39, 0.29) is 5.75 Å². The molecule has 0 unspecified atom stereocenters. The molecule has 1 fully saturated rings. The van der Waals surface area contributed by atoms with Gasteiger partial charge in [0.05, 0.1) is 20.3 Å². The fraction of sp³-hybridized carbons (Fsp3) is 0.290. The van der Waals surface area contributed by atoms with Gasteiger partial charge in [0, 0.05) is 31.9 Å². The summed E-state index contributed by atoms with van der Waals surface area (Å²) in [7, 11) is 1.68. The number of unbranched alkanes of at least 4 members (excludes halogenated alkanes) is 1. The second-order valence-electron chi connectivity index (χ2n) is 8.82. The van der Waals surface area contributed by atoms with Crippen molar-refractivity contribution < 1.29 is 19.3 Å². The van der Waals surface area contributed by atoms with Gasteiger partial charge in [0.2, 0.25) is 0 Å². The lowest BCUT2D eigenvalue weighted by atomic mass is 10.1. The van der Waals surface area contributed by atoms with Gasteiger partial charge in [-0.3, -0.25) is 0 Å². The number of phenolic OH excluding ortho intramolecular Hbond substituents is 1. The number of phenols is 1. The summed E-state index contributed by atoms with van der Waals surface area (Å²) in [5.74, 6) is 2.53. The fourth-order valence-electron chi connectivity index (χ4n) is 4.13. The summed E-state index contributed by atoms with van der Waals surface area (Å²) in [6, 6.07) is 29.7. The highest BCUT2D eigenvalue weighted by Crippen LogP contribution is 2.24. The van der Waals surface area contributed by atoms with Crippen LogP contribution in [0.25, 0.3) is 10.8 Å². The number of hydrogen-bond donors (Lipinski definition) is 2. The number of aromatic hydroxyl groups is 1. The maximum atomic E-state index is 9.62. The average Bonchev–Trinajstić information content (AvgIpc) is 2.96. The van der Waals surface area contributed by atoms with Gasteiger partial charge in [-0.2, -0.15) is 0 Å². The third-order valence-corrected chi connectivity index (χ3v) is 6.21. The minimum atomic E-state index is 0.184. The van der Waals surface area contributed by atoms with E-state index in [9.17, 15) is 5.11 Å². The van der Waals surface area contributed by atoms with Crippen molar-refractivity contribution in [1.29, 1.82) is 0 Å². The number of rotatable bonds is 9.